The van der Waals surface area contributed by atoms with E-state index in [1.807, 2.05) is 0 Å². The van der Waals surface area contributed by atoms with Crippen molar-refractivity contribution < 1.29 is 31.1 Å². The van der Waals surface area contributed by atoms with Gasteiger partial charge in [-0.15, -0.1) is 10.2 Å². The summed E-state index contributed by atoms with van der Waals surface area (Å²) >= 11 is 0.653. The van der Waals surface area contributed by atoms with E-state index >= 15 is 0 Å². The smallest absolute Gasteiger partial charge is 0.453 e. The SMILES string of the molecule is COc1ccc(NC(=O)CSc2nnc(C(F)(F)F)n2N)cc1S(=O)(=O)N1CCCCC1. The van der Waals surface area contributed by atoms with Crippen LogP contribution in [0.15, 0.2) is 28.3 Å². The number of benzene rings is 1. The third-order valence-electron chi connectivity index (χ3n) is 4.63. The predicted octanol–water partition coefficient (Wildman–Crippen LogP) is 1.92. The lowest BCUT2D eigenvalue weighted by molar-refractivity contribution is -0.146. The minimum absolute atomic E-state index is 0.0797. The summed E-state index contributed by atoms with van der Waals surface area (Å²) in [5.74, 6) is 3.16. The molecular formula is C17H21F3N6O4S2. The first-order valence-electron chi connectivity index (χ1n) is 9.42. The Hall–Kier alpha value is -2.52. The normalized spacial score (nSPS) is 15.5. The summed E-state index contributed by atoms with van der Waals surface area (Å²) in [6, 6.07) is 4.17. The Bertz CT molecular complexity index is 1080. The second-order valence-corrected chi connectivity index (χ2v) is 9.69. The largest absolute Gasteiger partial charge is 0.495 e. The minimum atomic E-state index is -4.78. The fourth-order valence-electron chi connectivity index (χ4n) is 3.10. The fourth-order valence-corrected chi connectivity index (χ4v) is 5.45. The number of carbonyl (C=O) groups excluding carboxylic acids is 1. The molecule has 1 aliphatic rings. The molecule has 1 aromatic heterocycles. The van der Waals surface area contributed by atoms with Crippen molar-refractivity contribution in [3.05, 3.63) is 24.0 Å². The van der Waals surface area contributed by atoms with E-state index in [0.29, 0.717) is 24.9 Å². The van der Waals surface area contributed by atoms with E-state index in [1.54, 1.807) is 0 Å². The molecule has 32 heavy (non-hydrogen) atoms. The average Bonchev–Trinajstić information content (AvgIpc) is 3.13. The molecule has 10 nitrogen and oxygen atoms in total. The van der Waals surface area contributed by atoms with Crippen LogP contribution in [-0.4, -0.2) is 59.5 Å². The molecule has 15 heteroatoms. The number of piperidine rings is 1. The molecule has 1 aromatic carbocycles. The molecule has 1 saturated heterocycles. The second kappa shape index (κ2) is 9.54. The van der Waals surface area contributed by atoms with Crippen LogP contribution in [0.3, 0.4) is 0 Å². The number of methoxy groups -OCH3 is 1. The van der Waals surface area contributed by atoms with Gasteiger partial charge in [0.2, 0.25) is 21.1 Å². The Labute approximate surface area is 186 Å². The van der Waals surface area contributed by atoms with Crippen molar-refractivity contribution in [3.8, 4) is 5.75 Å². The minimum Gasteiger partial charge on any atom is -0.495 e. The number of anilines is 1. The van der Waals surface area contributed by atoms with Gasteiger partial charge in [0, 0.05) is 18.8 Å². The number of ether oxygens (including phenoxy) is 1. The van der Waals surface area contributed by atoms with Crippen LogP contribution in [0.4, 0.5) is 18.9 Å². The number of nitrogens with zero attached hydrogens (tertiary/aromatic N) is 4. The van der Waals surface area contributed by atoms with E-state index < -0.39 is 27.9 Å². The average molecular weight is 495 g/mol. The number of amides is 1. The third kappa shape index (κ3) is 5.27. The van der Waals surface area contributed by atoms with Crippen molar-refractivity contribution in [2.45, 2.75) is 35.5 Å². The van der Waals surface area contributed by atoms with Gasteiger partial charge in [0.25, 0.3) is 5.82 Å². The lowest BCUT2D eigenvalue weighted by Gasteiger charge is -2.26. The molecule has 1 aliphatic heterocycles. The number of nitrogens with two attached hydrogens (primary N) is 1. The third-order valence-corrected chi connectivity index (χ3v) is 7.49. The lowest BCUT2D eigenvalue weighted by Crippen LogP contribution is -2.35. The van der Waals surface area contributed by atoms with Crippen LogP contribution in [0.2, 0.25) is 0 Å². The zero-order valence-corrected chi connectivity index (χ0v) is 18.6. The Morgan fingerprint density at radius 1 is 1.25 bits per heavy atom. The molecule has 1 fully saturated rings. The first kappa shape index (κ1) is 24.1. The fraction of sp³-hybridized carbons (Fsp3) is 0.471. The topological polar surface area (TPSA) is 132 Å². The second-order valence-electron chi connectivity index (χ2n) is 6.84. The maximum atomic E-state index is 13.0. The molecule has 1 amide bonds. The van der Waals surface area contributed by atoms with E-state index in [9.17, 15) is 26.4 Å². The zero-order chi connectivity index (χ0) is 23.5. The molecule has 3 N–H and O–H groups in total. The van der Waals surface area contributed by atoms with Gasteiger partial charge in [-0.25, -0.2) is 13.1 Å². The van der Waals surface area contributed by atoms with Crippen molar-refractivity contribution in [2.75, 3.05) is 37.1 Å². The lowest BCUT2D eigenvalue weighted by atomic mass is 10.2. The highest BCUT2D eigenvalue weighted by molar-refractivity contribution is 7.99. The number of nitrogen functional groups attached to an aromatic ring is 1. The van der Waals surface area contributed by atoms with Gasteiger partial charge in [0.15, 0.2) is 0 Å². The zero-order valence-electron chi connectivity index (χ0n) is 16.9. The van der Waals surface area contributed by atoms with Gasteiger partial charge < -0.3 is 15.9 Å². The van der Waals surface area contributed by atoms with Crippen LogP contribution in [0, 0.1) is 0 Å². The molecule has 0 radical (unpaired) electrons. The molecule has 0 saturated carbocycles. The first-order valence-corrected chi connectivity index (χ1v) is 11.8. The molecule has 0 aliphatic carbocycles. The molecule has 2 heterocycles. The van der Waals surface area contributed by atoms with Gasteiger partial charge in [-0.3, -0.25) is 4.79 Å². The van der Waals surface area contributed by atoms with Crippen LogP contribution in [0.1, 0.15) is 25.1 Å². The van der Waals surface area contributed by atoms with E-state index in [-0.39, 0.29) is 31.9 Å². The molecule has 0 atom stereocenters. The van der Waals surface area contributed by atoms with Crippen LogP contribution >= 0.6 is 11.8 Å². The number of alkyl halides is 3. The summed E-state index contributed by atoms with van der Waals surface area (Å²) in [6.07, 6.45) is -2.30. The Kier molecular flexibility index (Phi) is 7.19. The highest BCUT2D eigenvalue weighted by Gasteiger charge is 2.38. The van der Waals surface area contributed by atoms with Gasteiger partial charge in [0.05, 0.1) is 12.9 Å². The summed E-state index contributed by atoms with van der Waals surface area (Å²) in [4.78, 5) is 12.2. The predicted molar refractivity (Wildman–Crippen MR) is 110 cm³/mol. The van der Waals surface area contributed by atoms with Gasteiger partial charge in [-0.1, -0.05) is 18.2 Å². The molecular weight excluding hydrogens is 473 g/mol. The number of hydrogen-bond donors (Lipinski definition) is 2. The van der Waals surface area contributed by atoms with Crippen molar-refractivity contribution >= 4 is 33.4 Å². The number of hydrogen-bond acceptors (Lipinski definition) is 8. The molecule has 0 spiro atoms. The number of thioether (sulfide) groups is 1. The van der Waals surface area contributed by atoms with Gasteiger partial charge >= 0.3 is 6.18 Å². The standard InChI is InChI=1S/C17H21F3N6O4S2/c1-30-12-6-5-11(9-13(12)32(28,29)25-7-3-2-4-8-25)22-14(27)10-31-16-24-23-15(26(16)21)17(18,19)20/h5-6,9H,2-4,7-8,10,21H2,1H3,(H,22,27). The van der Waals surface area contributed by atoms with Crippen molar-refractivity contribution in [3.63, 3.8) is 0 Å². The van der Waals surface area contributed by atoms with Gasteiger partial charge in [-0.2, -0.15) is 17.5 Å². The van der Waals surface area contributed by atoms with Crippen molar-refractivity contribution in [1.29, 1.82) is 0 Å². The van der Waals surface area contributed by atoms with Gasteiger partial charge in [-0.05, 0) is 31.0 Å². The van der Waals surface area contributed by atoms with Crippen LogP contribution in [0.5, 0.6) is 5.75 Å². The van der Waals surface area contributed by atoms with E-state index in [0.717, 1.165) is 19.3 Å². The van der Waals surface area contributed by atoms with E-state index in [4.69, 9.17) is 10.6 Å². The number of rotatable bonds is 7. The highest BCUT2D eigenvalue weighted by atomic mass is 32.2. The molecule has 2 aromatic rings. The first-order chi connectivity index (χ1) is 15.0. The maximum Gasteiger partial charge on any atom is 0.453 e. The monoisotopic (exact) mass is 494 g/mol. The Morgan fingerprint density at radius 3 is 2.53 bits per heavy atom. The summed E-state index contributed by atoms with van der Waals surface area (Å²) in [6.45, 7) is 0.802. The van der Waals surface area contributed by atoms with E-state index in [2.05, 4.69) is 15.5 Å². The van der Waals surface area contributed by atoms with Crippen LogP contribution in [-0.2, 0) is 21.0 Å². The highest BCUT2D eigenvalue weighted by Crippen LogP contribution is 2.32. The number of aromatic nitrogens is 3. The number of halogens is 3. The summed E-state index contributed by atoms with van der Waals surface area (Å²) in [7, 11) is -2.48. The quantitative estimate of drug-likeness (QED) is 0.441. The number of carbonyl (C=O) groups is 1. The van der Waals surface area contributed by atoms with E-state index in [1.165, 1.54) is 29.6 Å². The number of sulfonamides is 1. The Morgan fingerprint density at radius 2 is 1.94 bits per heavy atom. The number of nitrogens with one attached hydrogen (secondary N) is 1. The molecule has 3 rings (SSSR count). The summed E-state index contributed by atoms with van der Waals surface area (Å²) in [5, 5.41) is 8.53. The molecule has 0 unspecified atom stereocenters. The van der Waals surface area contributed by atoms with Crippen molar-refractivity contribution in [1.82, 2.24) is 19.2 Å². The maximum absolute atomic E-state index is 13.0. The summed E-state index contributed by atoms with van der Waals surface area (Å²) in [5.41, 5.74) is 0.192. The van der Waals surface area contributed by atoms with Gasteiger partial charge in [0.1, 0.15) is 10.6 Å². The van der Waals surface area contributed by atoms with Crippen LogP contribution in [0.25, 0.3) is 0 Å². The Balaban J connectivity index is 1.72. The van der Waals surface area contributed by atoms with Crippen LogP contribution < -0.4 is 15.9 Å². The summed E-state index contributed by atoms with van der Waals surface area (Å²) < 4.78 is 71.1. The van der Waals surface area contributed by atoms with Crippen molar-refractivity contribution in [2.24, 2.45) is 0 Å². The molecule has 0 bridgehead atoms. The molecule has 176 valence electrons.